The molecule has 0 unspecified atom stereocenters. The summed E-state index contributed by atoms with van der Waals surface area (Å²) in [5.74, 6) is -0.280. The van der Waals surface area contributed by atoms with Crippen LogP contribution in [0.5, 0.6) is 11.5 Å². The van der Waals surface area contributed by atoms with Crippen LogP contribution in [0, 0.1) is 0 Å². The standard InChI is InChI=1S/C19H22N2O7/c1-12(18(23)20-10-14-5-4-6-27-14)28-17(22)11-21-19(24)13-7-15(25-2)9-16(8-13)26-3/h4-9,12H,10-11H2,1-3H3,(H,20,23)(H,21,24)/t12-/m1/s1. The second kappa shape index (κ2) is 10.0. The Bertz CT molecular complexity index is 795. The lowest BCUT2D eigenvalue weighted by Crippen LogP contribution is -2.38. The molecule has 1 heterocycles. The van der Waals surface area contributed by atoms with Gasteiger partial charge in [-0.3, -0.25) is 14.4 Å². The van der Waals surface area contributed by atoms with Gasteiger partial charge in [-0.05, 0) is 31.2 Å². The predicted molar refractivity (Wildman–Crippen MR) is 98.0 cm³/mol. The Morgan fingerprint density at radius 1 is 1.07 bits per heavy atom. The summed E-state index contributed by atoms with van der Waals surface area (Å²) in [6.07, 6.45) is 0.474. The molecule has 150 valence electrons. The average molecular weight is 390 g/mol. The molecule has 28 heavy (non-hydrogen) atoms. The summed E-state index contributed by atoms with van der Waals surface area (Å²) in [5.41, 5.74) is 0.258. The fourth-order valence-corrected chi connectivity index (χ4v) is 2.22. The minimum atomic E-state index is -1.02. The molecule has 0 aliphatic carbocycles. The number of rotatable bonds is 9. The number of hydrogen-bond donors (Lipinski definition) is 2. The Morgan fingerprint density at radius 2 is 1.75 bits per heavy atom. The zero-order chi connectivity index (χ0) is 20.5. The van der Waals surface area contributed by atoms with Crippen molar-refractivity contribution in [2.45, 2.75) is 19.6 Å². The Kier molecular flexibility index (Phi) is 7.44. The quantitative estimate of drug-likeness (QED) is 0.620. The van der Waals surface area contributed by atoms with Crippen molar-refractivity contribution in [2.24, 2.45) is 0 Å². The van der Waals surface area contributed by atoms with Gasteiger partial charge in [0.25, 0.3) is 11.8 Å². The first-order valence-electron chi connectivity index (χ1n) is 8.43. The van der Waals surface area contributed by atoms with E-state index in [2.05, 4.69) is 10.6 Å². The summed E-state index contributed by atoms with van der Waals surface area (Å²) in [4.78, 5) is 36.0. The third-order valence-electron chi connectivity index (χ3n) is 3.70. The molecule has 1 aromatic heterocycles. The lowest BCUT2D eigenvalue weighted by molar-refractivity contribution is -0.153. The number of benzene rings is 1. The van der Waals surface area contributed by atoms with Crippen LogP contribution < -0.4 is 20.1 Å². The van der Waals surface area contributed by atoms with Gasteiger partial charge in [0.15, 0.2) is 6.10 Å². The van der Waals surface area contributed by atoms with Crippen molar-refractivity contribution in [3.8, 4) is 11.5 Å². The minimum absolute atomic E-state index is 0.183. The molecule has 2 rings (SSSR count). The molecule has 0 saturated carbocycles. The van der Waals surface area contributed by atoms with Gasteiger partial charge in [-0.2, -0.15) is 0 Å². The van der Waals surface area contributed by atoms with E-state index in [1.165, 1.54) is 39.5 Å². The van der Waals surface area contributed by atoms with E-state index in [1.54, 1.807) is 18.2 Å². The maximum atomic E-state index is 12.2. The third kappa shape index (κ3) is 6.04. The van der Waals surface area contributed by atoms with E-state index < -0.39 is 30.4 Å². The topological polar surface area (TPSA) is 116 Å². The molecular weight excluding hydrogens is 368 g/mol. The predicted octanol–water partition coefficient (Wildman–Crippen LogP) is 1.27. The first-order chi connectivity index (χ1) is 13.4. The van der Waals surface area contributed by atoms with Crippen LogP contribution in [0.4, 0.5) is 0 Å². The molecule has 0 fully saturated rings. The summed E-state index contributed by atoms with van der Waals surface area (Å²) in [5, 5.41) is 5.01. The van der Waals surface area contributed by atoms with Crippen LogP contribution in [-0.4, -0.2) is 44.7 Å². The molecule has 1 atom stereocenters. The molecule has 9 nitrogen and oxygen atoms in total. The van der Waals surface area contributed by atoms with Crippen molar-refractivity contribution in [3.63, 3.8) is 0 Å². The third-order valence-corrected chi connectivity index (χ3v) is 3.70. The second-order valence-corrected chi connectivity index (χ2v) is 5.71. The highest BCUT2D eigenvalue weighted by Crippen LogP contribution is 2.22. The van der Waals surface area contributed by atoms with E-state index in [9.17, 15) is 14.4 Å². The van der Waals surface area contributed by atoms with E-state index in [0.29, 0.717) is 17.3 Å². The molecule has 2 amide bonds. The van der Waals surface area contributed by atoms with Crippen molar-refractivity contribution in [3.05, 3.63) is 47.9 Å². The number of nitrogens with one attached hydrogen (secondary N) is 2. The Morgan fingerprint density at radius 3 is 2.32 bits per heavy atom. The molecule has 0 aliphatic heterocycles. The number of amides is 2. The van der Waals surface area contributed by atoms with E-state index in [1.807, 2.05) is 0 Å². The summed E-state index contributed by atoms with van der Waals surface area (Å²) < 4.78 is 20.3. The lowest BCUT2D eigenvalue weighted by atomic mass is 10.2. The normalized spacial score (nSPS) is 11.2. The van der Waals surface area contributed by atoms with E-state index in [4.69, 9.17) is 18.6 Å². The number of hydrogen-bond acceptors (Lipinski definition) is 7. The number of methoxy groups -OCH3 is 2. The number of esters is 1. The van der Waals surface area contributed by atoms with Crippen LogP contribution in [-0.2, 0) is 20.9 Å². The Hall–Kier alpha value is -3.49. The smallest absolute Gasteiger partial charge is 0.326 e. The van der Waals surface area contributed by atoms with Gasteiger partial charge < -0.3 is 29.3 Å². The fourth-order valence-electron chi connectivity index (χ4n) is 2.22. The lowest BCUT2D eigenvalue weighted by Gasteiger charge is -2.13. The number of carbonyl (C=O) groups is 3. The van der Waals surface area contributed by atoms with Crippen LogP contribution in [0.15, 0.2) is 41.0 Å². The molecule has 0 saturated heterocycles. The number of ether oxygens (including phenoxy) is 3. The molecule has 0 bridgehead atoms. The van der Waals surface area contributed by atoms with E-state index in [0.717, 1.165) is 0 Å². The van der Waals surface area contributed by atoms with Crippen molar-refractivity contribution < 1.29 is 33.0 Å². The van der Waals surface area contributed by atoms with Gasteiger partial charge in [-0.1, -0.05) is 0 Å². The second-order valence-electron chi connectivity index (χ2n) is 5.71. The largest absolute Gasteiger partial charge is 0.497 e. The van der Waals surface area contributed by atoms with Crippen molar-refractivity contribution in [1.82, 2.24) is 10.6 Å². The van der Waals surface area contributed by atoms with Gasteiger partial charge in [-0.15, -0.1) is 0 Å². The highest BCUT2D eigenvalue weighted by atomic mass is 16.5. The Balaban J connectivity index is 1.81. The average Bonchev–Trinajstić information content (AvgIpc) is 3.23. The van der Waals surface area contributed by atoms with Crippen LogP contribution in [0.2, 0.25) is 0 Å². The van der Waals surface area contributed by atoms with Gasteiger partial charge in [0.1, 0.15) is 23.8 Å². The minimum Gasteiger partial charge on any atom is -0.497 e. The zero-order valence-corrected chi connectivity index (χ0v) is 15.8. The first-order valence-corrected chi connectivity index (χ1v) is 8.43. The van der Waals surface area contributed by atoms with E-state index in [-0.39, 0.29) is 12.1 Å². The highest BCUT2D eigenvalue weighted by molar-refractivity contribution is 5.96. The molecule has 1 aromatic carbocycles. The van der Waals surface area contributed by atoms with Gasteiger partial charge in [0.05, 0.1) is 27.0 Å². The fraction of sp³-hybridized carbons (Fsp3) is 0.316. The van der Waals surface area contributed by atoms with Gasteiger partial charge in [0, 0.05) is 11.6 Å². The van der Waals surface area contributed by atoms with Crippen LogP contribution in [0.25, 0.3) is 0 Å². The van der Waals surface area contributed by atoms with E-state index >= 15 is 0 Å². The van der Waals surface area contributed by atoms with Crippen LogP contribution >= 0.6 is 0 Å². The summed E-state index contributed by atoms with van der Waals surface area (Å²) in [6, 6.07) is 8.04. The van der Waals surface area contributed by atoms with Gasteiger partial charge in [-0.25, -0.2) is 0 Å². The zero-order valence-electron chi connectivity index (χ0n) is 15.8. The highest BCUT2D eigenvalue weighted by Gasteiger charge is 2.19. The number of furan rings is 1. The molecule has 0 spiro atoms. The molecule has 9 heteroatoms. The Labute approximate surface area is 161 Å². The summed E-state index contributed by atoms with van der Waals surface area (Å²) in [7, 11) is 2.93. The van der Waals surface area contributed by atoms with Crippen molar-refractivity contribution in [1.29, 1.82) is 0 Å². The molecular formula is C19H22N2O7. The van der Waals surface area contributed by atoms with Crippen molar-refractivity contribution in [2.75, 3.05) is 20.8 Å². The van der Waals surface area contributed by atoms with Gasteiger partial charge in [0.2, 0.25) is 0 Å². The SMILES string of the molecule is COc1cc(OC)cc(C(=O)NCC(=O)O[C@H](C)C(=O)NCc2ccco2)c1. The summed E-state index contributed by atoms with van der Waals surface area (Å²) >= 11 is 0. The van der Waals surface area contributed by atoms with Crippen LogP contribution in [0.3, 0.4) is 0 Å². The molecule has 2 N–H and O–H groups in total. The maximum Gasteiger partial charge on any atom is 0.326 e. The first kappa shape index (κ1) is 20.8. The van der Waals surface area contributed by atoms with Gasteiger partial charge >= 0.3 is 5.97 Å². The number of carbonyl (C=O) groups excluding carboxylic acids is 3. The monoisotopic (exact) mass is 390 g/mol. The molecule has 0 aliphatic rings. The summed E-state index contributed by atoms with van der Waals surface area (Å²) in [6.45, 7) is 1.22. The van der Waals surface area contributed by atoms with Crippen LogP contribution in [0.1, 0.15) is 23.0 Å². The molecule has 2 aromatic rings. The van der Waals surface area contributed by atoms with Crippen molar-refractivity contribution >= 4 is 17.8 Å². The molecule has 0 radical (unpaired) electrons. The maximum absolute atomic E-state index is 12.2.